The fourth-order valence-electron chi connectivity index (χ4n) is 5.92. The molecule has 0 N–H and O–H groups in total. The van der Waals surface area contributed by atoms with Crippen LogP contribution in [0.4, 0.5) is 0 Å². The van der Waals surface area contributed by atoms with E-state index in [4.69, 9.17) is 18.8 Å². The molecule has 9 aromatic rings. The van der Waals surface area contributed by atoms with Crippen LogP contribution in [0.15, 0.2) is 124 Å². The molecule has 5 nitrogen and oxygen atoms in total. The van der Waals surface area contributed by atoms with E-state index < -0.39 is 0 Å². The monoisotopic (exact) mass is 501 g/mol. The molecule has 0 aliphatic carbocycles. The zero-order valence-corrected chi connectivity index (χ0v) is 20.6. The van der Waals surface area contributed by atoms with E-state index >= 15 is 0 Å². The average Bonchev–Trinajstić information content (AvgIpc) is 3.65. The van der Waals surface area contributed by atoms with E-state index in [1.165, 1.54) is 0 Å². The van der Waals surface area contributed by atoms with Crippen LogP contribution < -0.4 is 0 Å². The van der Waals surface area contributed by atoms with Crippen molar-refractivity contribution in [2.45, 2.75) is 0 Å². The van der Waals surface area contributed by atoms with Gasteiger partial charge in [-0.15, -0.1) is 0 Å². The van der Waals surface area contributed by atoms with Crippen LogP contribution >= 0.6 is 0 Å². The summed E-state index contributed by atoms with van der Waals surface area (Å²) >= 11 is 0. The smallest absolute Gasteiger partial charge is 0.236 e. The Labute approximate surface area is 221 Å². The highest BCUT2D eigenvalue weighted by atomic mass is 16.4. The second-order valence-electron chi connectivity index (χ2n) is 9.81. The van der Waals surface area contributed by atoms with Crippen molar-refractivity contribution in [1.82, 2.24) is 14.5 Å². The third-order valence-electron chi connectivity index (χ3n) is 7.62. The summed E-state index contributed by atoms with van der Waals surface area (Å²) in [5.74, 6) is 0.578. The minimum absolute atomic E-state index is 0.578. The first-order valence-corrected chi connectivity index (χ1v) is 12.9. The predicted molar refractivity (Wildman–Crippen MR) is 156 cm³/mol. The maximum absolute atomic E-state index is 6.39. The molecule has 0 fully saturated rings. The number of hydrogen-bond acceptors (Lipinski definition) is 4. The zero-order valence-electron chi connectivity index (χ0n) is 20.6. The van der Waals surface area contributed by atoms with Gasteiger partial charge in [0.05, 0.1) is 11.2 Å². The lowest BCUT2D eigenvalue weighted by atomic mass is 10.0. The Balaban J connectivity index is 1.50. The third-order valence-corrected chi connectivity index (χ3v) is 7.62. The molecule has 4 aromatic heterocycles. The van der Waals surface area contributed by atoms with E-state index in [0.29, 0.717) is 17.1 Å². The van der Waals surface area contributed by atoms with Gasteiger partial charge in [0.1, 0.15) is 22.2 Å². The number of nitrogens with zero attached hydrogens (tertiary/aromatic N) is 3. The Morgan fingerprint density at radius 1 is 0.513 bits per heavy atom. The highest BCUT2D eigenvalue weighted by molar-refractivity contribution is 6.20. The van der Waals surface area contributed by atoms with Crippen molar-refractivity contribution in [1.29, 1.82) is 0 Å². The fourth-order valence-corrected chi connectivity index (χ4v) is 5.92. The molecular formula is C34H19N3O2. The first-order chi connectivity index (χ1) is 19.3. The summed E-state index contributed by atoms with van der Waals surface area (Å²) in [7, 11) is 0. The molecule has 0 saturated heterocycles. The highest BCUT2D eigenvalue weighted by Gasteiger charge is 2.26. The van der Waals surface area contributed by atoms with Crippen molar-refractivity contribution in [2.75, 3.05) is 0 Å². The number of furan rings is 2. The Kier molecular flexibility index (Phi) is 3.99. The number of rotatable bonds is 2. The molecule has 39 heavy (non-hydrogen) atoms. The molecule has 0 aliphatic rings. The molecule has 0 atom stereocenters. The average molecular weight is 502 g/mol. The largest absolute Gasteiger partial charge is 0.450 e. The molecule has 0 bridgehead atoms. The van der Waals surface area contributed by atoms with Crippen LogP contribution in [0.2, 0.25) is 0 Å². The summed E-state index contributed by atoms with van der Waals surface area (Å²) in [6.45, 7) is 0. The minimum Gasteiger partial charge on any atom is -0.450 e. The van der Waals surface area contributed by atoms with Crippen molar-refractivity contribution in [2.24, 2.45) is 0 Å². The van der Waals surface area contributed by atoms with Gasteiger partial charge in [-0.2, -0.15) is 0 Å². The van der Waals surface area contributed by atoms with Gasteiger partial charge in [0.2, 0.25) is 5.95 Å². The second kappa shape index (κ2) is 7.55. The first-order valence-electron chi connectivity index (χ1n) is 12.9. The first kappa shape index (κ1) is 20.6. The maximum atomic E-state index is 6.39. The summed E-state index contributed by atoms with van der Waals surface area (Å²) in [6, 6.07) is 39.1. The van der Waals surface area contributed by atoms with Crippen LogP contribution in [-0.2, 0) is 0 Å². The Hall–Kier alpha value is -5.42. The fraction of sp³-hybridized carbons (Fsp3) is 0. The van der Waals surface area contributed by atoms with Crippen LogP contribution in [0.5, 0.6) is 0 Å². The standard InChI is InChI=1S/C34H19N3O2/c1-2-11-21(12-3-1)29-28-22-13-5-4-10-20(22)18-19-25(28)35-34(36-29)37-30-23-14-6-8-16-26(23)38-32(30)33-31(37)24-15-7-9-17-27(24)39-33/h1-19H. The van der Waals surface area contributed by atoms with Gasteiger partial charge < -0.3 is 8.83 Å². The maximum Gasteiger partial charge on any atom is 0.236 e. The predicted octanol–water partition coefficient (Wildman–Crippen LogP) is 9.04. The van der Waals surface area contributed by atoms with E-state index in [0.717, 1.165) is 65.9 Å². The SMILES string of the molecule is c1ccc(-c2nc(-n3c4c5ccccc5oc4c4oc5ccccc5c43)nc3ccc4ccccc4c23)cc1. The summed E-state index contributed by atoms with van der Waals surface area (Å²) in [5.41, 5.74) is 7.62. The van der Waals surface area contributed by atoms with Crippen molar-refractivity contribution in [3.8, 4) is 17.2 Å². The van der Waals surface area contributed by atoms with E-state index in [1.54, 1.807) is 0 Å². The zero-order chi connectivity index (χ0) is 25.5. The number of benzene rings is 5. The molecular weight excluding hydrogens is 482 g/mol. The normalized spacial score (nSPS) is 12.1. The van der Waals surface area contributed by atoms with Gasteiger partial charge in [-0.1, -0.05) is 84.9 Å². The van der Waals surface area contributed by atoms with Crippen molar-refractivity contribution in [3.63, 3.8) is 0 Å². The lowest BCUT2D eigenvalue weighted by Crippen LogP contribution is -2.03. The van der Waals surface area contributed by atoms with Crippen LogP contribution in [-0.4, -0.2) is 14.5 Å². The van der Waals surface area contributed by atoms with Gasteiger partial charge in [-0.05, 0) is 41.1 Å². The summed E-state index contributed by atoms with van der Waals surface area (Å²) in [4.78, 5) is 10.5. The molecule has 5 aromatic carbocycles. The summed E-state index contributed by atoms with van der Waals surface area (Å²) < 4.78 is 14.9. The minimum atomic E-state index is 0.578. The van der Waals surface area contributed by atoms with Gasteiger partial charge >= 0.3 is 0 Å². The van der Waals surface area contributed by atoms with Crippen molar-refractivity contribution < 1.29 is 8.83 Å². The van der Waals surface area contributed by atoms with E-state index in [-0.39, 0.29) is 0 Å². The second-order valence-corrected chi connectivity index (χ2v) is 9.81. The molecule has 4 heterocycles. The van der Waals surface area contributed by atoms with E-state index in [9.17, 15) is 0 Å². The van der Waals surface area contributed by atoms with Crippen molar-refractivity contribution in [3.05, 3.63) is 115 Å². The van der Waals surface area contributed by atoms with Crippen LogP contribution in [0.25, 0.3) is 83.0 Å². The van der Waals surface area contributed by atoms with Crippen LogP contribution in [0, 0.1) is 0 Å². The molecule has 182 valence electrons. The summed E-state index contributed by atoms with van der Waals surface area (Å²) in [5, 5.41) is 5.31. The van der Waals surface area contributed by atoms with Gasteiger partial charge in [0, 0.05) is 21.7 Å². The molecule has 0 unspecified atom stereocenters. The lowest BCUT2D eigenvalue weighted by molar-refractivity contribution is 0.634. The summed E-state index contributed by atoms with van der Waals surface area (Å²) in [6.07, 6.45) is 0. The molecule has 0 spiro atoms. The van der Waals surface area contributed by atoms with E-state index in [1.807, 2.05) is 54.6 Å². The molecule has 9 rings (SSSR count). The number of hydrogen-bond donors (Lipinski definition) is 0. The third kappa shape index (κ3) is 2.79. The number of para-hydroxylation sites is 2. The van der Waals surface area contributed by atoms with Gasteiger partial charge in [-0.25, -0.2) is 9.97 Å². The molecule has 0 radical (unpaired) electrons. The topological polar surface area (TPSA) is 57.0 Å². The van der Waals surface area contributed by atoms with Crippen LogP contribution in [0.3, 0.4) is 0 Å². The highest BCUT2D eigenvalue weighted by Crippen LogP contribution is 2.43. The molecule has 0 saturated carbocycles. The molecule has 5 heteroatoms. The number of aromatic nitrogens is 3. The van der Waals surface area contributed by atoms with E-state index in [2.05, 4.69) is 65.2 Å². The Bertz CT molecular complexity index is 2310. The van der Waals surface area contributed by atoms with Crippen molar-refractivity contribution >= 4 is 65.8 Å². The molecule has 0 amide bonds. The Morgan fingerprint density at radius 2 is 1.10 bits per heavy atom. The van der Waals surface area contributed by atoms with Gasteiger partial charge in [-0.3, -0.25) is 4.57 Å². The van der Waals surface area contributed by atoms with Gasteiger partial charge in [0.25, 0.3) is 0 Å². The lowest BCUT2D eigenvalue weighted by Gasteiger charge is -2.13. The van der Waals surface area contributed by atoms with Gasteiger partial charge in [0.15, 0.2) is 11.2 Å². The van der Waals surface area contributed by atoms with Crippen LogP contribution in [0.1, 0.15) is 0 Å². The number of fused-ring (bicyclic) bond motifs is 10. The quantitative estimate of drug-likeness (QED) is 0.222. The molecule has 0 aliphatic heterocycles. The Morgan fingerprint density at radius 3 is 1.79 bits per heavy atom.